The Morgan fingerprint density at radius 2 is 2.03 bits per heavy atom. The first-order valence-electron chi connectivity index (χ1n) is 9.59. The first kappa shape index (κ1) is 19.6. The lowest BCUT2D eigenvalue weighted by atomic mass is 10.1. The molecule has 3 aromatic rings. The Morgan fingerprint density at radius 3 is 2.72 bits per heavy atom. The van der Waals surface area contributed by atoms with E-state index in [1.165, 1.54) is 12.1 Å². The van der Waals surface area contributed by atoms with Crippen LogP contribution in [0.15, 0.2) is 53.4 Å². The molecule has 0 fully saturated rings. The molecule has 8 heteroatoms. The van der Waals surface area contributed by atoms with Gasteiger partial charge < -0.3 is 5.32 Å². The second kappa shape index (κ2) is 8.32. The maximum atomic E-state index is 13.3. The molecule has 1 atom stereocenters. The number of amides is 2. The number of carbonyl (C=O) groups excluding carboxylic acids is 1. The summed E-state index contributed by atoms with van der Waals surface area (Å²) >= 11 is 3.34. The summed E-state index contributed by atoms with van der Waals surface area (Å²) in [5.74, 6) is -0.288. The Labute approximate surface area is 176 Å². The van der Waals surface area contributed by atoms with E-state index in [9.17, 15) is 9.18 Å². The first-order valence-corrected chi connectivity index (χ1v) is 10.4. The van der Waals surface area contributed by atoms with Gasteiger partial charge in [0.05, 0.1) is 29.3 Å². The van der Waals surface area contributed by atoms with E-state index in [1.54, 1.807) is 34.1 Å². The number of anilines is 1. The van der Waals surface area contributed by atoms with Gasteiger partial charge >= 0.3 is 6.03 Å². The molecule has 0 saturated carbocycles. The van der Waals surface area contributed by atoms with Crippen LogP contribution >= 0.6 is 15.9 Å². The van der Waals surface area contributed by atoms with Crippen molar-refractivity contribution in [2.24, 2.45) is 0 Å². The van der Waals surface area contributed by atoms with Crippen molar-refractivity contribution >= 4 is 27.6 Å². The third kappa shape index (κ3) is 4.03. The highest BCUT2D eigenvalue weighted by atomic mass is 79.9. The fourth-order valence-electron chi connectivity index (χ4n) is 3.61. The number of aromatic nitrogens is 3. The Morgan fingerprint density at radius 1 is 1.24 bits per heavy atom. The molecule has 2 aromatic heterocycles. The van der Waals surface area contributed by atoms with E-state index in [0.29, 0.717) is 6.54 Å². The SMILES string of the molecule is CCC(NC(=O)N1CCCc2c1cnn2-c1ccc(F)cc1)c1ccc(Br)nc1. The number of halogens is 2. The highest BCUT2D eigenvalue weighted by molar-refractivity contribution is 9.10. The molecule has 1 aromatic carbocycles. The van der Waals surface area contributed by atoms with Crippen LogP contribution < -0.4 is 10.2 Å². The normalized spacial score (nSPS) is 14.4. The van der Waals surface area contributed by atoms with Gasteiger partial charge in [0.2, 0.25) is 0 Å². The molecule has 0 radical (unpaired) electrons. The molecule has 0 spiro atoms. The molecule has 0 aliphatic carbocycles. The third-order valence-corrected chi connectivity index (χ3v) is 5.58. The van der Waals surface area contributed by atoms with E-state index >= 15 is 0 Å². The average molecular weight is 458 g/mol. The number of nitrogens with one attached hydrogen (secondary N) is 1. The number of rotatable bonds is 4. The minimum atomic E-state index is -0.288. The van der Waals surface area contributed by atoms with Crippen LogP contribution in [0.5, 0.6) is 0 Å². The van der Waals surface area contributed by atoms with Crippen molar-refractivity contribution in [1.82, 2.24) is 20.1 Å². The van der Waals surface area contributed by atoms with Gasteiger partial charge in [-0.2, -0.15) is 5.10 Å². The van der Waals surface area contributed by atoms with Crippen molar-refractivity contribution in [1.29, 1.82) is 0 Å². The van der Waals surface area contributed by atoms with Crippen molar-refractivity contribution in [3.8, 4) is 5.69 Å². The lowest BCUT2D eigenvalue weighted by molar-refractivity contribution is 0.241. The molecule has 1 unspecified atom stereocenters. The topological polar surface area (TPSA) is 63.1 Å². The standard InChI is InChI=1S/C21H21BrFN5O/c1-2-17(14-5-10-20(22)24-12-14)26-21(29)27-11-3-4-18-19(27)13-25-28(18)16-8-6-15(23)7-9-16/h5-10,12-13,17H,2-4,11H2,1H3,(H,26,29). The zero-order chi connectivity index (χ0) is 20.4. The van der Waals surface area contributed by atoms with Gasteiger partial charge in [0.25, 0.3) is 0 Å². The number of carbonyl (C=O) groups is 1. The van der Waals surface area contributed by atoms with Crippen molar-refractivity contribution in [2.75, 3.05) is 11.4 Å². The first-order chi connectivity index (χ1) is 14.1. The van der Waals surface area contributed by atoms with Gasteiger partial charge in [-0.1, -0.05) is 13.0 Å². The van der Waals surface area contributed by atoms with Gasteiger partial charge in [-0.15, -0.1) is 0 Å². The number of benzene rings is 1. The van der Waals surface area contributed by atoms with Gasteiger partial charge in [0.15, 0.2) is 0 Å². The molecule has 29 heavy (non-hydrogen) atoms. The minimum absolute atomic E-state index is 0.124. The largest absolute Gasteiger partial charge is 0.331 e. The van der Waals surface area contributed by atoms with Gasteiger partial charge in [-0.3, -0.25) is 4.90 Å². The van der Waals surface area contributed by atoms with Crippen LogP contribution in [0.2, 0.25) is 0 Å². The van der Waals surface area contributed by atoms with Crippen molar-refractivity contribution in [3.05, 3.63) is 70.5 Å². The maximum absolute atomic E-state index is 13.3. The van der Waals surface area contributed by atoms with Crippen LogP contribution in [-0.2, 0) is 6.42 Å². The summed E-state index contributed by atoms with van der Waals surface area (Å²) in [6.07, 6.45) is 5.88. The fourth-order valence-corrected chi connectivity index (χ4v) is 3.84. The summed E-state index contributed by atoms with van der Waals surface area (Å²) in [4.78, 5) is 19.1. The zero-order valence-electron chi connectivity index (χ0n) is 16.0. The summed E-state index contributed by atoms with van der Waals surface area (Å²) in [6.45, 7) is 2.66. The molecule has 0 bridgehead atoms. The minimum Gasteiger partial charge on any atom is -0.331 e. The van der Waals surface area contributed by atoms with Crippen LogP contribution in [0.3, 0.4) is 0 Å². The average Bonchev–Trinajstić information content (AvgIpc) is 3.17. The number of urea groups is 1. The second-order valence-electron chi connectivity index (χ2n) is 6.94. The molecule has 6 nitrogen and oxygen atoms in total. The molecule has 150 valence electrons. The summed E-state index contributed by atoms with van der Waals surface area (Å²) in [6, 6.07) is 9.75. The van der Waals surface area contributed by atoms with Crippen LogP contribution in [0.25, 0.3) is 5.69 Å². The predicted molar refractivity (Wildman–Crippen MR) is 113 cm³/mol. The smallest absolute Gasteiger partial charge is 0.322 e. The number of nitrogens with zero attached hydrogens (tertiary/aromatic N) is 4. The molecule has 2 amide bonds. The zero-order valence-corrected chi connectivity index (χ0v) is 17.6. The van der Waals surface area contributed by atoms with Gasteiger partial charge in [0, 0.05) is 12.7 Å². The van der Waals surface area contributed by atoms with Crippen LogP contribution in [-0.4, -0.2) is 27.3 Å². The van der Waals surface area contributed by atoms with Gasteiger partial charge in [-0.25, -0.2) is 18.9 Å². The highest BCUT2D eigenvalue weighted by Crippen LogP contribution is 2.29. The van der Waals surface area contributed by atoms with Crippen molar-refractivity contribution in [2.45, 2.75) is 32.2 Å². The third-order valence-electron chi connectivity index (χ3n) is 5.11. The van der Waals surface area contributed by atoms with Crippen LogP contribution in [0.4, 0.5) is 14.9 Å². The molecular formula is C21H21BrFN5O. The van der Waals surface area contributed by atoms with Gasteiger partial charge in [0.1, 0.15) is 10.4 Å². The van der Waals surface area contributed by atoms with Crippen molar-refractivity contribution in [3.63, 3.8) is 0 Å². The molecule has 1 N–H and O–H groups in total. The van der Waals surface area contributed by atoms with Crippen LogP contribution in [0.1, 0.15) is 37.1 Å². The highest BCUT2D eigenvalue weighted by Gasteiger charge is 2.28. The van der Waals surface area contributed by atoms with Crippen LogP contribution in [0, 0.1) is 5.82 Å². The quantitative estimate of drug-likeness (QED) is 0.573. The fraction of sp³-hybridized carbons (Fsp3) is 0.286. The lowest BCUT2D eigenvalue weighted by Crippen LogP contribution is -2.44. The Bertz CT molecular complexity index is 1000. The number of hydrogen-bond acceptors (Lipinski definition) is 3. The predicted octanol–water partition coefficient (Wildman–Crippen LogP) is 4.78. The molecule has 4 rings (SSSR count). The van der Waals surface area contributed by atoms with E-state index in [2.05, 4.69) is 31.3 Å². The summed E-state index contributed by atoms with van der Waals surface area (Å²) in [5, 5.41) is 7.57. The van der Waals surface area contributed by atoms with E-state index in [4.69, 9.17) is 0 Å². The van der Waals surface area contributed by atoms with E-state index < -0.39 is 0 Å². The second-order valence-corrected chi connectivity index (χ2v) is 7.76. The lowest BCUT2D eigenvalue weighted by Gasteiger charge is -2.29. The number of fused-ring (bicyclic) bond motifs is 1. The Hall–Kier alpha value is -2.74. The van der Waals surface area contributed by atoms with Gasteiger partial charge in [-0.05, 0) is 71.1 Å². The molecule has 0 saturated heterocycles. The number of hydrogen-bond donors (Lipinski definition) is 1. The maximum Gasteiger partial charge on any atom is 0.322 e. The summed E-state index contributed by atoms with van der Waals surface area (Å²) in [7, 11) is 0. The Balaban J connectivity index is 1.56. The number of pyridine rings is 1. The monoisotopic (exact) mass is 457 g/mol. The molecular weight excluding hydrogens is 437 g/mol. The van der Waals surface area contributed by atoms with E-state index in [0.717, 1.165) is 46.5 Å². The van der Waals surface area contributed by atoms with E-state index in [-0.39, 0.29) is 17.9 Å². The molecule has 1 aliphatic rings. The molecule has 1 aliphatic heterocycles. The van der Waals surface area contributed by atoms with E-state index in [1.807, 2.05) is 19.1 Å². The summed E-state index contributed by atoms with van der Waals surface area (Å²) < 4.78 is 15.8. The molecule has 3 heterocycles. The Kier molecular flexibility index (Phi) is 5.62. The summed E-state index contributed by atoms with van der Waals surface area (Å²) in [5.41, 5.74) is 3.49. The van der Waals surface area contributed by atoms with Crippen molar-refractivity contribution < 1.29 is 9.18 Å².